The molecule has 1 saturated heterocycles. The number of rotatable bonds is 2. The van der Waals surface area contributed by atoms with Gasteiger partial charge >= 0.3 is 0 Å². The highest BCUT2D eigenvalue weighted by atomic mass is 35.5. The highest BCUT2D eigenvalue weighted by Crippen LogP contribution is 2.56. The van der Waals surface area contributed by atoms with E-state index in [1.165, 1.54) is 24.8 Å². The molecule has 2 aliphatic heterocycles. The molecular weight excluding hydrogens is 370 g/mol. The number of hydrogen-bond acceptors (Lipinski definition) is 3. The number of amides is 1. The first-order chi connectivity index (χ1) is 13.7. The molecule has 0 atom stereocenters. The number of pyridine rings is 1. The third kappa shape index (κ3) is 3.18. The number of nitrogens with zero attached hydrogens (tertiary/aromatic N) is 3. The van der Waals surface area contributed by atoms with E-state index in [2.05, 4.69) is 26.9 Å². The first-order valence-electron chi connectivity index (χ1n) is 10.4. The molecule has 1 amide bonds. The number of piperidine rings is 1. The van der Waals surface area contributed by atoms with Gasteiger partial charge in [0.25, 0.3) is 0 Å². The van der Waals surface area contributed by atoms with E-state index in [1.807, 2.05) is 30.5 Å². The Labute approximate surface area is 171 Å². The van der Waals surface area contributed by atoms with E-state index in [4.69, 9.17) is 11.6 Å². The molecule has 146 valence electrons. The summed E-state index contributed by atoms with van der Waals surface area (Å²) in [5.74, 6) is 1.40. The van der Waals surface area contributed by atoms with Gasteiger partial charge in [-0.05, 0) is 79.8 Å². The number of hydrogen-bond donors (Lipinski definition) is 0. The summed E-state index contributed by atoms with van der Waals surface area (Å²) in [6, 6.07) is 12.1. The van der Waals surface area contributed by atoms with E-state index in [-0.39, 0.29) is 11.3 Å². The lowest BCUT2D eigenvalue weighted by molar-refractivity contribution is -0.123. The molecule has 4 nitrogen and oxygen atoms in total. The summed E-state index contributed by atoms with van der Waals surface area (Å²) in [7, 11) is 0. The Balaban J connectivity index is 1.34. The summed E-state index contributed by atoms with van der Waals surface area (Å²) in [6.45, 7) is 2.60. The normalized spacial score (nSPS) is 21.3. The minimum Gasteiger partial charge on any atom is -0.357 e. The molecule has 0 N–H and O–H groups in total. The van der Waals surface area contributed by atoms with Crippen LogP contribution in [0.4, 0.5) is 11.5 Å². The van der Waals surface area contributed by atoms with Gasteiger partial charge in [0, 0.05) is 42.5 Å². The standard InChI is InChI=1S/C23H26ClN3O/c24-18-5-6-20-19(16-18)23(10-11-23)9-3-13-27(20)22(28)17-7-14-26(15-8-17)21-4-1-2-12-25-21/h1-2,4-6,12,16-17H,3,7-11,13-15H2. The molecule has 2 fully saturated rings. The third-order valence-electron chi connectivity index (χ3n) is 6.79. The summed E-state index contributed by atoms with van der Waals surface area (Å²) in [5.41, 5.74) is 2.69. The number of halogens is 1. The zero-order chi connectivity index (χ0) is 19.1. The number of benzene rings is 1. The van der Waals surface area contributed by atoms with Crippen molar-refractivity contribution >= 4 is 29.0 Å². The molecule has 3 heterocycles. The summed E-state index contributed by atoms with van der Waals surface area (Å²) < 4.78 is 0. The molecule has 2 aromatic rings. The lowest BCUT2D eigenvalue weighted by Crippen LogP contribution is -2.43. The second-order valence-electron chi connectivity index (χ2n) is 8.48. The molecule has 0 radical (unpaired) electrons. The molecule has 1 saturated carbocycles. The van der Waals surface area contributed by atoms with Crippen LogP contribution in [0, 0.1) is 5.92 Å². The van der Waals surface area contributed by atoms with Crippen LogP contribution in [0.2, 0.25) is 5.02 Å². The Hall–Kier alpha value is -2.07. The van der Waals surface area contributed by atoms with Gasteiger partial charge in [0.15, 0.2) is 0 Å². The van der Waals surface area contributed by atoms with Gasteiger partial charge in [-0.2, -0.15) is 0 Å². The van der Waals surface area contributed by atoms with Crippen LogP contribution in [0.5, 0.6) is 0 Å². The van der Waals surface area contributed by atoms with Crippen molar-refractivity contribution in [2.24, 2.45) is 5.92 Å². The van der Waals surface area contributed by atoms with Gasteiger partial charge in [0.1, 0.15) is 5.82 Å². The summed E-state index contributed by atoms with van der Waals surface area (Å²) >= 11 is 6.32. The number of anilines is 2. The largest absolute Gasteiger partial charge is 0.357 e. The van der Waals surface area contributed by atoms with Crippen LogP contribution in [-0.2, 0) is 10.2 Å². The average molecular weight is 396 g/mol. The minimum atomic E-state index is 0.0942. The van der Waals surface area contributed by atoms with E-state index < -0.39 is 0 Å². The quantitative estimate of drug-likeness (QED) is 0.732. The second-order valence-corrected chi connectivity index (χ2v) is 8.92. The van der Waals surface area contributed by atoms with Gasteiger partial charge in [-0.3, -0.25) is 4.79 Å². The molecule has 0 unspecified atom stereocenters. The monoisotopic (exact) mass is 395 g/mol. The van der Waals surface area contributed by atoms with Crippen molar-refractivity contribution in [1.29, 1.82) is 0 Å². The Morgan fingerprint density at radius 1 is 1.07 bits per heavy atom. The van der Waals surface area contributed by atoms with Gasteiger partial charge in [-0.1, -0.05) is 17.7 Å². The van der Waals surface area contributed by atoms with Gasteiger partial charge < -0.3 is 9.80 Å². The smallest absolute Gasteiger partial charge is 0.230 e. The summed E-state index contributed by atoms with van der Waals surface area (Å²) in [4.78, 5) is 22.3. The summed E-state index contributed by atoms with van der Waals surface area (Å²) in [6.07, 6.45) is 8.31. The molecule has 1 aromatic heterocycles. The summed E-state index contributed by atoms with van der Waals surface area (Å²) in [5, 5.41) is 0.781. The molecule has 3 aliphatic rings. The van der Waals surface area contributed by atoms with Gasteiger partial charge in [0.05, 0.1) is 0 Å². The van der Waals surface area contributed by atoms with E-state index >= 15 is 0 Å². The predicted octanol–water partition coefficient (Wildman–Crippen LogP) is 4.81. The predicted molar refractivity (Wildman–Crippen MR) is 113 cm³/mol. The highest BCUT2D eigenvalue weighted by Gasteiger charge is 2.47. The van der Waals surface area contributed by atoms with Crippen LogP contribution in [0.3, 0.4) is 0 Å². The Morgan fingerprint density at radius 3 is 2.61 bits per heavy atom. The Kier molecular flexibility index (Phi) is 4.54. The lowest BCUT2D eigenvalue weighted by atomic mass is 9.90. The lowest BCUT2D eigenvalue weighted by Gasteiger charge is -2.35. The number of carbonyl (C=O) groups excluding carboxylic acids is 1. The maximum Gasteiger partial charge on any atom is 0.230 e. The minimum absolute atomic E-state index is 0.0942. The first kappa shape index (κ1) is 18.0. The van der Waals surface area contributed by atoms with E-state index in [0.29, 0.717) is 5.91 Å². The van der Waals surface area contributed by atoms with E-state index in [9.17, 15) is 4.79 Å². The molecule has 1 aromatic carbocycles. The molecule has 0 bridgehead atoms. The van der Waals surface area contributed by atoms with Crippen molar-refractivity contribution in [2.45, 2.75) is 43.9 Å². The van der Waals surface area contributed by atoms with Crippen LogP contribution in [-0.4, -0.2) is 30.5 Å². The third-order valence-corrected chi connectivity index (χ3v) is 7.03. The molecule has 1 spiro atoms. The van der Waals surface area contributed by atoms with Crippen LogP contribution in [0.15, 0.2) is 42.6 Å². The zero-order valence-corrected chi connectivity index (χ0v) is 16.9. The maximum absolute atomic E-state index is 13.5. The fourth-order valence-electron chi connectivity index (χ4n) is 5.01. The zero-order valence-electron chi connectivity index (χ0n) is 16.1. The number of carbonyl (C=O) groups is 1. The van der Waals surface area contributed by atoms with Gasteiger partial charge in [0.2, 0.25) is 5.91 Å². The van der Waals surface area contributed by atoms with Crippen molar-refractivity contribution in [3.63, 3.8) is 0 Å². The average Bonchev–Trinajstić information content (AvgIpc) is 3.55. The van der Waals surface area contributed by atoms with Crippen molar-refractivity contribution in [1.82, 2.24) is 4.98 Å². The fourth-order valence-corrected chi connectivity index (χ4v) is 5.19. The fraction of sp³-hybridized carbons (Fsp3) is 0.478. The van der Waals surface area contributed by atoms with Crippen LogP contribution < -0.4 is 9.80 Å². The molecule has 5 rings (SSSR count). The van der Waals surface area contributed by atoms with Crippen LogP contribution in [0.25, 0.3) is 0 Å². The first-order valence-corrected chi connectivity index (χ1v) is 10.8. The molecular formula is C23H26ClN3O. The Morgan fingerprint density at radius 2 is 1.89 bits per heavy atom. The number of aromatic nitrogens is 1. The second kappa shape index (κ2) is 7.07. The molecule has 5 heteroatoms. The van der Waals surface area contributed by atoms with Crippen molar-refractivity contribution in [2.75, 3.05) is 29.4 Å². The number of fused-ring (bicyclic) bond motifs is 2. The van der Waals surface area contributed by atoms with Gasteiger partial charge in [-0.15, -0.1) is 0 Å². The topological polar surface area (TPSA) is 36.4 Å². The Bertz CT molecular complexity index is 873. The van der Waals surface area contributed by atoms with Crippen molar-refractivity contribution < 1.29 is 4.79 Å². The van der Waals surface area contributed by atoms with Crippen LogP contribution >= 0.6 is 11.6 Å². The van der Waals surface area contributed by atoms with Crippen molar-refractivity contribution in [3.8, 4) is 0 Å². The SMILES string of the molecule is O=C(C1CCN(c2ccccn2)CC1)N1CCCC2(CC2)c2cc(Cl)ccc21. The highest BCUT2D eigenvalue weighted by molar-refractivity contribution is 6.30. The van der Waals surface area contributed by atoms with Crippen molar-refractivity contribution in [3.05, 3.63) is 53.2 Å². The molecule has 1 aliphatic carbocycles. The van der Waals surface area contributed by atoms with Gasteiger partial charge in [-0.25, -0.2) is 4.98 Å². The molecule has 28 heavy (non-hydrogen) atoms. The van der Waals surface area contributed by atoms with Crippen LogP contribution in [0.1, 0.15) is 44.1 Å². The van der Waals surface area contributed by atoms with E-state index in [1.54, 1.807) is 0 Å². The van der Waals surface area contributed by atoms with E-state index in [0.717, 1.165) is 55.4 Å². The maximum atomic E-state index is 13.5.